The van der Waals surface area contributed by atoms with Gasteiger partial charge in [0.1, 0.15) is 0 Å². The highest BCUT2D eigenvalue weighted by atomic mass is 35.5. The SMILES string of the molecule is Cc1cc(Cl)ccc1C(=O)NCC1(CC2CC2)CCN(S(=O)(=O)c2c[nH]nn2)CC1. The van der Waals surface area contributed by atoms with Gasteiger partial charge in [0.15, 0.2) is 0 Å². The molecular formula is C20H26ClN5O3S. The molecule has 30 heavy (non-hydrogen) atoms. The van der Waals surface area contributed by atoms with Crippen molar-refractivity contribution in [1.82, 2.24) is 25.0 Å². The Morgan fingerprint density at radius 2 is 2.07 bits per heavy atom. The molecule has 2 aromatic rings. The largest absolute Gasteiger partial charge is 0.351 e. The van der Waals surface area contributed by atoms with E-state index < -0.39 is 10.0 Å². The highest BCUT2D eigenvalue weighted by Gasteiger charge is 2.42. The van der Waals surface area contributed by atoms with E-state index in [9.17, 15) is 13.2 Å². The van der Waals surface area contributed by atoms with Crippen molar-refractivity contribution in [3.05, 3.63) is 40.5 Å². The van der Waals surface area contributed by atoms with Gasteiger partial charge in [0, 0.05) is 30.2 Å². The topological polar surface area (TPSA) is 108 Å². The summed E-state index contributed by atoms with van der Waals surface area (Å²) in [6.07, 6.45) is 6.17. The van der Waals surface area contributed by atoms with Gasteiger partial charge in [-0.05, 0) is 61.3 Å². The highest BCUT2D eigenvalue weighted by Crippen LogP contribution is 2.46. The molecule has 162 valence electrons. The number of nitrogens with zero attached hydrogens (tertiary/aromatic N) is 3. The second-order valence-electron chi connectivity index (χ2n) is 8.51. The number of piperidine rings is 1. The van der Waals surface area contributed by atoms with Gasteiger partial charge in [-0.1, -0.05) is 29.7 Å². The molecule has 1 aliphatic heterocycles. The number of hydrogen-bond acceptors (Lipinski definition) is 5. The van der Waals surface area contributed by atoms with Crippen LogP contribution in [0, 0.1) is 18.3 Å². The zero-order valence-electron chi connectivity index (χ0n) is 16.9. The number of sulfonamides is 1. The second-order valence-corrected chi connectivity index (χ2v) is 10.8. The number of aromatic nitrogens is 3. The predicted molar refractivity (Wildman–Crippen MR) is 113 cm³/mol. The first kappa shape index (κ1) is 21.3. The summed E-state index contributed by atoms with van der Waals surface area (Å²) in [5.41, 5.74) is 1.37. The molecule has 1 amide bonds. The molecule has 1 aromatic heterocycles. The molecule has 0 atom stereocenters. The number of rotatable bonds is 7. The maximum Gasteiger partial charge on any atom is 0.264 e. The number of aromatic amines is 1. The number of H-pyrrole nitrogens is 1. The van der Waals surface area contributed by atoms with Crippen LogP contribution in [0.1, 0.15) is 48.0 Å². The maximum atomic E-state index is 12.8. The molecule has 2 N–H and O–H groups in total. The molecule has 2 fully saturated rings. The molecule has 1 saturated carbocycles. The van der Waals surface area contributed by atoms with Crippen molar-refractivity contribution in [2.75, 3.05) is 19.6 Å². The predicted octanol–water partition coefficient (Wildman–Crippen LogP) is 2.77. The van der Waals surface area contributed by atoms with E-state index in [-0.39, 0.29) is 16.3 Å². The monoisotopic (exact) mass is 451 g/mol. The summed E-state index contributed by atoms with van der Waals surface area (Å²) in [6.45, 7) is 3.24. The minimum Gasteiger partial charge on any atom is -0.351 e. The number of carbonyl (C=O) groups excluding carboxylic acids is 1. The third kappa shape index (κ3) is 4.53. The molecule has 2 aliphatic rings. The van der Waals surface area contributed by atoms with Crippen LogP contribution in [-0.4, -0.2) is 53.7 Å². The van der Waals surface area contributed by atoms with E-state index in [0.717, 1.165) is 12.0 Å². The normalized spacial score (nSPS) is 19.5. The molecule has 2 heterocycles. The smallest absolute Gasteiger partial charge is 0.264 e. The summed E-state index contributed by atoms with van der Waals surface area (Å²) < 4.78 is 26.9. The number of hydrogen-bond donors (Lipinski definition) is 2. The van der Waals surface area contributed by atoms with Crippen LogP contribution in [-0.2, 0) is 10.0 Å². The standard InChI is InChI=1S/C20H26ClN5O3S/c1-14-10-16(21)4-5-17(14)19(27)22-13-20(11-15-2-3-15)6-8-26(9-7-20)30(28,29)18-12-23-25-24-18/h4-5,10,12,15H,2-3,6-9,11,13H2,1H3,(H,22,27)(H,23,24,25). The Morgan fingerprint density at radius 3 is 2.67 bits per heavy atom. The number of carbonyl (C=O) groups is 1. The zero-order chi connectivity index (χ0) is 21.4. The Labute approximate surface area is 181 Å². The lowest BCUT2D eigenvalue weighted by Gasteiger charge is -2.41. The van der Waals surface area contributed by atoms with Crippen molar-refractivity contribution in [2.45, 2.75) is 44.1 Å². The Kier molecular flexibility index (Phi) is 5.87. The molecule has 0 spiro atoms. The van der Waals surface area contributed by atoms with Crippen molar-refractivity contribution in [2.24, 2.45) is 11.3 Å². The summed E-state index contributed by atoms with van der Waals surface area (Å²) in [4.78, 5) is 12.8. The third-order valence-corrected chi connectivity index (χ3v) is 8.27. The fourth-order valence-corrected chi connectivity index (χ4v) is 5.78. The van der Waals surface area contributed by atoms with Gasteiger partial charge in [-0.3, -0.25) is 9.89 Å². The number of benzene rings is 1. The van der Waals surface area contributed by atoms with Gasteiger partial charge in [0.25, 0.3) is 15.9 Å². The number of halogens is 1. The Bertz CT molecular complexity index is 1010. The van der Waals surface area contributed by atoms with Gasteiger partial charge >= 0.3 is 0 Å². The van der Waals surface area contributed by atoms with Crippen LogP contribution in [0.25, 0.3) is 0 Å². The summed E-state index contributed by atoms with van der Waals surface area (Å²) >= 11 is 6.00. The number of amides is 1. The first-order valence-corrected chi connectivity index (χ1v) is 12.0. The summed E-state index contributed by atoms with van der Waals surface area (Å²) in [5.74, 6) is 0.565. The van der Waals surface area contributed by atoms with Crippen LogP contribution in [0.5, 0.6) is 0 Å². The minimum atomic E-state index is -3.64. The average Bonchev–Trinajstić information content (AvgIpc) is 3.33. The summed E-state index contributed by atoms with van der Waals surface area (Å²) in [6, 6.07) is 5.24. The molecule has 4 rings (SSSR count). The van der Waals surface area contributed by atoms with Gasteiger partial charge in [-0.2, -0.15) is 4.31 Å². The molecule has 1 aliphatic carbocycles. The van der Waals surface area contributed by atoms with E-state index in [1.54, 1.807) is 18.2 Å². The number of aryl methyl sites for hydroxylation is 1. The highest BCUT2D eigenvalue weighted by molar-refractivity contribution is 7.89. The first-order valence-electron chi connectivity index (χ1n) is 10.2. The van der Waals surface area contributed by atoms with Crippen LogP contribution >= 0.6 is 11.6 Å². The average molecular weight is 452 g/mol. The fourth-order valence-electron chi connectivity index (χ4n) is 4.28. The van der Waals surface area contributed by atoms with Crippen molar-refractivity contribution in [3.8, 4) is 0 Å². The van der Waals surface area contributed by atoms with Crippen molar-refractivity contribution >= 4 is 27.5 Å². The summed E-state index contributed by atoms with van der Waals surface area (Å²) in [5, 5.41) is 13.3. The minimum absolute atomic E-state index is 0.0521. The lowest BCUT2D eigenvalue weighted by Crippen LogP contribution is -2.48. The molecule has 0 unspecified atom stereocenters. The number of nitrogens with one attached hydrogen (secondary N) is 2. The van der Waals surface area contributed by atoms with Gasteiger partial charge in [-0.25, -0.2) is 8.42 Å². The van der Waals surface area contributed by atoms with E-state index in [1.807, 2.05) is 6.92 Å². The van der Waals surface area contributed by atoms with Crippen molar-refractivity contribution in [3.63, 3.8) is 0 Å². The quantitative estimate of drug-likeness (QED) is 0.672. The fraction of sp³-hybridized carbons (Fsp3) is 0.550. The van der Waals surface area contributed by atoms with E-state index in [0.29, 0.717) is 49.0 Å². The van der Waals surface area contributed by atoms with Gasteiger partial charge in [0.2, 0.25) is 5.03 Å². The molecule has 8 nitrogen and oxygen atoms in total. The van der Waals surface area contributed by atoms with Crippen molar-refractivity contribution in [1.29, 1.82) is 0 Å². The van der Waals surface area contributed by atoms with E-state index in [1.165, 1.54) is 23.3 Å². The van der Waals surface area contributed by atoms with E-state index >= 15 is 0 Å². The first-order chi connectivity index (χ1) is 14.3. The zero-order valence-corrected chi connectivity index (χ0v) is 18.5. The molecule has 0 bridgehead atoms. The molecule has 1 saturated heterocycles. The molecular weight excluding hydrogens is 426 g/mol. The van der Waals surface area contributed by atoms with Gasteiger partial charge in [0.05, 0.1) is 6.20 Å². The maximum absolute atomic E-state index is 12.8. The Morgan fingerprint density at radius 1 is 1.33 bits per heavy atom. The van der Waals surface area contributed by atoms with Crippen LogP contribution in [0.3, 0.4) is 0 Å². The van der Waals surface area contributed by atoms with Crippen LogP contribution in [0.2, 0.25) is 5.02 Å². The van der Waals surface area contributed by atoms with E-state index in [4.69, 9.17) is 11.6 Å². The molecule has 10 heteroatoms. The van der Waals surface area contributed by atoms with Gasteiger partial charge < -0.3 is 5.32 Å². The Hall–Kier alpha value is -1.97. The molecule has 0 radical (unpaired) electrons. The lowest BCUT2D eigenvalue weighted by atomic mass is 9.74. The van der Waals surface area contributed by atoms with Crippen LogP contribution in [0.4, 0.5) is 0 Å². The van der Waals surface area contributed by atoms with Gasteiger partial charge in [-0.15, -0.1) is 5.10 Å². The van der Waals surface area contributed by atoms with E-state index in [2.05, 4.69) is 20.7 Å². The lowest BCUT2D eigenvalue weighted by molar-refractivity contribution is 0.0870. The molecule has 1 aromatic carbocycles. The second kappa shape index (κ2) is 8.28. The third-order valence-electron chi connectivity index (χ3n) is 6.26. The van der Waals surface area contributed by atoms with Crippen LogP contribution < -0.4 is 5.32 Å². The van der Waals surface area contributed by atoms with Crippen molar-refractivity contribution < 1.29 is 13.2 Å². The van der Waals surface area contributed by atoms with Crippen LogP contribution in [0.15, 0.2) is 29.4 Å². The Balaban J connectivity index is 1.43. The summed E-state index contributed by atoms with van der Waals surface area (Å²) in [7, 11) is -3.64.